The van der Waals surface area contributed by atoms with Crippen LogP contribution < -0.4 is 0 Å². The van der Waals surface area contributed by atoms with Crippen molar-refractivity contribution in [3.8, 4) is 6.07 Å². The normalized spacial score (nSPS) is 11.1. The zero-order chi connectivity index (χ0) is 13.9. The van der Waals surface area contributed by atoms with Crippen LogP contribution in [0.4, 0.5) is 0 Å². The molecule has 3 nitrogen and oxygen atoms in total. The Morgan fingerprint density at radius 3 is 2.58 bits per heavy atom. The van der Waals surface area contributed by atoms with Crippen molar-refractivity contribution in [3.63, 3.8) is 0 Å². The molecule has 1 aromatic rings. The maximum Gasteiger partial charge on any atom is 0.0991 e. The van der Waals surface area contributed by atoms with Crippen molar-refractivity contribution in [2.75, 3.05) is 26.2 Å². The first-order valence-corrected chi connectivity index (χ1v) is 6.80. The summed E-state index contributed by atoms with van der Waals surface area (Å²) in [6.07, 6.45) is 6.48. The standard InChI is InChI=1S/C16H22N2O/c1-2-3-10-18(12-13-19)11-4-5-15-6-8-16(14-17)9-7-15/h4-9,19H,2-3,10-13H2,1H3/b5-4+. The third-order valence-electron chi connectivity index (χ3n) is 2.96. The third-order valence-corrected chi connectivity index (χ3v) is 2.96. The van der Waals surface area contributed by atoms with Gasteiger partial charge in [-0.1, -0.05) is 37.6 Å². The molecule has 0 aliphatic carbocycles. The lowest BCUT2D eigenvalue weighted by molar-refractivity contribution is 0.207. The molecule has 0 aliphatic rings. The number of nitrogens with zero attached hydrogens (tertiary/aromatic N) is 2. The molecule has 0 unspecified atom stereocenters. The van der Waals surface area contributed by atoms with Gasteiger partial charge in [-0.3, -0.25) is 4.90 Å². The molecule has 0 fully saturated rings. The Morgan fingerprint density at radius 1 is 1.26 bits per heavy atom. The summed E-state index contributed by atoms with van der Waals surface area (Å²) in [5.74, 6) is 0. The third kappa shape index (κ3) is 6.19. The van der Waals surface area contributed by atoms with Crippen LogP contribution in [0.25, 0.3) is 6.08 Å². The molecular weight excluding hydrogens is 236 g/mol. The van der Waals surface area contributed by atoms with E-state index in [0.29, 0.717) is 5.56 Å². The largest absolute Gasteiger partial charge is 0.395 e. The number of hydrogen-bond acceptors (Lipinski definition) is 3. The number of rotatable bonds is 8. The first kappa shape index (κ1) is 15.4. The average Bonchev–Trinajstić information content (AvgIpc) is 2.45. The Labute approximate surface area is 115 Å². The first-order valence-electron chi connectivity index (χ1n) is 6.80. The SMILES string of the molecule is CCCCN(C/C=C/c1ccc(C#N)cc1)CCO. The smallest absolute Gasteiger partial charge is 0.0991 e. The summed E-state index contributed by atoms with van der Waals surface area (Å²) in [6, 6.07) is 9.64. The number of aliphatic hydroxyl groups is 1. The number of unbranched alkanes of at least 4 members (excludes halogenated alkanes) is 1. The Balaban J connectivity index is 2.47. The fraction of sp³-hybridized carbons (Fsp3) is 0.438. The maximum atomic E-state index is 9.01. The van der Waals surface area contributed by atoms with E-state index in [0.717, 1.165) is 31.6 Å². The molecule has 0 radical (unpaired) electrons. The Bertz CT molecular complexity index is 417. The van der Waals surface area contributed by atoms with Gasteiger partial charge in [-0.15, -0.1) is 0 Å². The van der Waals surface area contributed by atoms with Gasteiger partial charge in [0.15, 0.2) is 0 Å². The summed E-state index contributed by atoms with van der Waals surface area (Å²) >= 11 is 0. The summed E-state index contributed by atoms with van der Waals surface area (Å²) in [4.78, 5) is 2.24. The molecule has 0 amide bonds. The monoisotopic (exact) mass is 258 g/mol. The van der Waals surface area contributed by atoms with Gasteiger partial charge in [0, 0.05) is 13.1 Å². The van der Waals surface area contributed by atoms with Gasteiger partial charge < -0.3 is 5.11 Å². The minimum absolute atomic E-state index is 0.203. The van der Waals surface area contributed by atoms with E-state index < -0.39 is 0 Å². The predicted molar refractivity (Wildman–Crippen MR) is 78.6 cm³/mol. The average molecular weight is 258 g/mol. The van der Waals surface area contributed by atoms with E-state index in [4.69, 9.17) is 10.4 Å². The van der Waals surface area contributed by atoms with E-state index >= 15 is 0 Å². The summed E-state index contributed by atoms with van der Waals surface area (Å²) in [6.45, 7) is 4.96. The lowest BCUT2D eigenvalue weighted by Crippen LogP contribution is -2.28. The van der Waals surface area contributed by atoms with Crippen LogP contribution in [0.5, 0.6) is 0 Å². The van der Waals surface area contributed by atoms with E-state index in [1.807, 2.05) is 24.3 Å². The molecule has 3 heteroatoms. The molecule has 0 aromatic heterocycles. The van der Waals surface area contributed by atoms with E-state index in [1.54, 1.807) is 0 Å². The predicted octanol–water partition coefficient (Wildman–Crippen LogP) is 2.67. The van der Waals surface area contributed by atoms with E-state index in [2.05, 4.69) is 30.0 Å². The van der Waals surface area contributed by atoms with Crippen molar-refractivity contribution >= 4 is 6.08 Å². The fourth-order valence-electron chi connectivity index (χ4n) is 1.82. The molecule has 0 bridgehead atoms. The fourth-order valence-corrected chi connectivity index (χ4v) is 1.82. The Morgan fingerprint density at radius 2 is 2.00 bits per heavy atom. The molecular formula is C16H22N2O. The highest BCUT2D eigenvalue weighted by Gasteiger charge is 2.00. The molecule has 1 rings (SSSR count). The lowest BCUT2D eigenvalue weighted by atomic mass is 10.1. The number of nitriles is 1. The van der Waals surface area contributed by atoms with Gasteiger partial charge in [0.2, 0.25) is 0 Å². The molecule has 1 aromatic carbocycles. The number of hydrogen-bond donors (Lipinski definition) is 1. The van der Waals surface area contributed by atoms with Gasteiger partial charge in [0.25, 0.3) is 0 Å². The van der Waals surface area contributed by atoms with Crippen LogP contribution >= 0.6 is 0 Å². The van der Waals surface area contributed by atoms with Crippen molar-refractivity contribution in [2.24, 2.45) is 0 Å². The summed E-state index contributed by atoms with van der Waals surface area (Å²) < 4.78 is 0. The molecule has 102 valence electrons. The highest BCUT2D eigenvalue weighted by molar-refractivity contribution is 5.51. The molecule has 0 aliphatic heterocycles. The quantitative estimate of drug-likeness (QED) is 0.780. The molecule has 0 heterocycles. The van der Waals surface area contributed by atoms with Gasteiger partial charge in [0.1, 0.15) is 0 Å². The van der Waals surface area contributed by atoms with Crippen LogP contribution in [0, 0.1) is 11.3 Å². The summed E-state index contributed by atoms with van der Waals surface area (Å²) in [7, 11) is 0. The molecule has 0 saturated carbocycles. The van der Waals surface area contributed by atoms with Crippen molar-refractivity contribution in [3.05, 3.63) is 41.5 Å². The Hall–Kier alpha value is -1.63. The minimum atomic E-state index is 0.203. The number of benzene rings is 1. The molecule has 0 atom stereocenters. The van der Waals surface area contributed by atoms with Crippen LogP contribution in [0.2, 0.25) is 0 Å². The van der Waals surface area contributed by atoms with Crippen LogP contribution in [-0.4, -0.2) is 36.2 Å². The first-order chi connectivity index (χ1) is 9.30. The van der Waals surface area contributed by atoms with Gasteiger partial charge in [0.05, 0.1) is 18.2 Å². The van der Waals surface area contributed by atoms with Crippen LogP contribution in [0.15, 0.2) is 30.3 Å². The second-order valence-electron chi connectivity index (χ2n) is 4.51. The van der Waals surface area contributed by atoms with Gasteiger partial charge in [-0.2, -0.15) is 5.26 Å². The van der Waals surface area contributed by atoms with Crippen LogP contribution in [0.3, 0.4) is 0 Å². The zero-order valence-electron chi connectivity index (χ0n) is 11.5. The zero-order valence-corrected chi connectivity index (χ0v) is 11.5. The lowest BCUT2D eigenvalue weighted by Gasteiger charge is -2.18. The number of aliphatic hydroxyl groups excluding tert-OH is 1. The van der Waals surface area contributed by atoms with Gasteiger partial charge >= 0.3 is 0 Å². The van der Waals surface area contributed by atoms with Crippen LogP contribution in [-0.2, 0) is 0 Å². The minimum Gasteiger partial charge on any atom is -0.395 e. The highest BCUT2D eigenvalue weighted by Crippen LogP contribution is 2.05. The summed E-state index contributed by atoms with van der Waals surface area (Å²) in [5.41, 5.74) is 1.78. The second kappa shape index (κ2) is 9.32. The molecule has 0 spiro atoms. The van der Waals surface area contributed by atoms with Crippen molar-refractivity contribution < 1.29 is 5.11 Å². The second-order valence-corrected chi connectivity index (χ2v) is 4.51. The van der Waals surface area contributed by atoms with Crippen molar-refractivity contribution in [2.45, 2.75) is 19.8 Å². The van der Waals surface area contributed by atoms with E-state index in [1.165, 1.54) is 6.42 Å². The molecule has 0 saturated heterocycles. The molecule has 1 N–H and O–H groups in total. The highest BCUT2D eigenvalue weighted by atomic mass is 16.3. The van der Waals surface area contributed by atoms with Crippen molar-refractivity contribution in [1.29, 1.82) is 5.26 Å². The Kier molecular flexibility index (Phi) is 7.57. The van der Waals surface area contributed by atoms with E-state index in [9.17, 15) is 0 Å². The van der Waals surface area contributed by atoms with E-state index in [-0.39, 0.29) is 6.61 Å². The molecule has 19 heavy (non-hydrogen) atoms. The van der Waals surface area contributed by atoms with Gasteiger partial charge in [-0.25, -0.2) is 0 Å². The van der Waals surface area contributed by atoms with Crippen LogP contribution in [0.1, 0.15) is 30.9 Å². The van der Waals surface area contributed by atoms with Gasteiger partial charge in [-0.05, 0) is 30.7 Å². The summed E-state index contributed by atoms with van der Waals surface area (Å²) in [5, 5.41) is 17.7. The topological polar surface area (TPSA) is 47.3 Å². The van der Waals surface area contributed by atoms with Crippen molar-refractivity contribution in [1.82, 2.24) is 4.90 Å². The maximum absolute atomic E-state index is 9.01.